The Morgan fingerprint density at radius 2 is 1.31 bits per heavy atom. The van der Waals surface area contributed by atoms with Crippen molar-refractivity contribution in [3.8, 4) is 5.75 Å². The molecule has 7 heteroatoms. The van der Waals surface area contributed by atoms with Crippen LogP contribution in [-0.2, 0) is 18.2 Å². The Morgan fingerprint density at radius 3 is 1.83 bits per heavy atom. The second-order valence-electron chi connectivity index (χ2n) is 8.46. The highest BCUT2D eigenvalue weighted by molar-refractivity contribution is 6.30. The number of aryl methyl sites for hydroxylation is 1. The van der Waals surface area contributed by atoms with Crippen molar-refractivity contribution in [3.05, 3.63) is 100 Å². The zero-order valence-corrected chi connectivity index (χ0v) is 20.7. The van der Waals surface area contributed by atoms with Gasteiger partial charge in [0.15, 0.2) is 0 Å². The molecule has 0 saturated heterocycles. The van der Waals surface area contributed by atoms with Crippen LogP contribution in [0.4, 0.5) is 13.2 Å². The van der Waals surface area contributed by atoms with Gasteiger partial charge in [-0.15, -0.1) is 0 Å². The number of halogens is 4. The minimum absolute atomic E-state index is 0.280. The van der Waals surface area contributed by atoms with Gasteiger partial charge in [-0.25, -0.2) is 0 Å². The Kier molecular flexibility index (Phi) is 9.22. The summed E-state index contributed by atoms with van der Waals surface area (Å²) in [6.07, 6.45) is -3.65. The molecule has 3 rings (SSSR count). The maximum Gasteiger partial charge on any atom is 0.416 e. The van der Waals surface area contributed by atoms with Crippen LogP contribution < -0.4 is 4.74 Å². The van der Waals surface area contributed by atoms with Crippen molar-refractivity contribution in [1.29, 1.82) is 0 Å². The third-order valence-electron chi connectivity index (χ3n) is 6.28. The van der Waals surface area contributed by atoms with Crippen molar-refractivity contribution < 1.29 is 23.0 Å². The van der Waals surface area contributed by atoms with E-state index in [-0.39, 0.29) is 6.42 Å². The van der Waals surface area contributed by atoms with Crippen LogP contribution >= 0.6 is 11.6 Å². The van der Waals surface area contributed by atoms with Crippen molar-refractivity contribution in [2.75, 3.05) is 26.2 Å². The molecule has 3 aromatic carbocycles. The Morgan fingerprint density at radius 1 is 0.800 bits per heavy atom. The molecule has 0 heterocycles. The molecule has 1 unspecified atom stereocenters. The molecule has 35 heavy (non-hydrogen) atoms. The molecule has 0 aliphatic heterocycles. The monoisotopic (exact) mass is 505 g/mol. The van der Waals surface area contributed by atoms with E-state index < -0.39 is 17.3 Å². The largest absolute Gasteiger partial charge is 0.492 e. The van der Waals surface area contributed by atoms with Crippen molar-refractivity contribution in [3.63, 3.8) is 0 Å². The average molecular weight is 506 g/mol. The number of benzene rings is 3. The summed E-state index contributed by atoms with van der Waals surface area (Å²) in [7, 11) is 0. The maximum absolute atomic E-state index is 13.1. The number of aliphatic hydroxyl groups is 1. The molecule has 0 aromatic heterocycles. The molecule has 188 valence electrons. The van der Waals surface area contributed by atoms with E-state index in [2.05, 4.69) is 18.7 Å². The summed E-state index contributed by atoms with van der Waals surface area (Å²) in [5.41, 5.74) is -0.282. The molecule has 1 N–H and O–H groups in total. The molecule has 0 spiro atoms. The van der Waals surface area contributed by atoms with Gasteiger partial charge in [-0.3, -0.25) is 0 Å². The van der Waals surface area contributed by atoms with Gasteiger partial charge in [0.1, 0.15) is 18.0 Å². The Bertz CT molecular complexity index is 1050. The Balaban J connectivity index is 1.83. The highest BCUT2D eigenvalue weighted by Gasteiger charge is 2.34. The van der Waals surface area contributed by atoms with Crippen LogP contribution in [0.2, 0.25) is 5.02 Å². The van der Waals surface area contributed by atoms with E-state index in [0.29, 0.717) is 34.9 Å². The lowest BCUT2D eigenvalue weighted by Crippen LogP contribution is -2.28. The summed E-state index contributed by atoms with van der Waals surface area (Å²) >= 11 is 5.97. The number of hydrogen-bond acceptors (Lipinski definition) is 3. The fourth-order valence-corrected chi connectivity index (χ4v) is 4.15. The maximum atomic E-state index is 13.1. The SMILES string of the molecule is CCN(CC)CCOc1ccc(C(O)(CCc2ccc(Cl)cc2)c2ccc(C(F)(F)F)cc2)cc1. The zero-order valence-electron chi connectivity index (χ0n) is 20.0. The van der Waals surface area contributed by atoms with E-state index in [1.807, 2.05) is 12.1 Å². The minimum Gasteiger partial charge on any atom is -0.492 e. The van der Waals surface area contributed by atoms with E-state index in [1.54, 1.807) is 36.4 Å². The van der Waals surface area contributed by atoms with Crippen LogP contribution in [0.25, 0.3) is 0 Å². The van der Waals surface area contributed by atoms with E-state index in [0.717, 1.165) is 37.3 Å². The van der Waals surface area contributed by atoms with Crippen LogP contribution in [0.1, 0.15) is 42.5 Å². The Labute approximate surface area is 210 Å². The van der Waals surface area contributed by atoms with Gasteiger partial charge in [-0.05, 0) is 79.0 Å². The molecule has 0 aliphatic carbocycles. The quantitative estimate of drug-likeness (QED) is 0.306. The lowest BCUT2D eigenvalue weighted by molar-refractivity contribution is -0.137. The van der Waals surface area contributed by atoms with Crippen molar-refractivity contribution >= 4 is 11.6 Å². The first kappa shape index (κ1) is 27.1. The summed E-state index contributed by atoms with van der Waals surface area (Å²) in [6.45, 7) is 7.46. The second kappa shape index (κ2) is 11.9. The number of rotatable bonds is 11. The minimum atomic E-state index is -4.44. The second-order valence-corrected chi connectivity index (χ2v) is 8.90. The van der Waals surface area contributed by atoms with E-state index in [4.69, 9.17) is 16.3 Å². The number of ether oxygens (including phenoxy) is 1. The van der Waals surface area contributed by atoms with Crippen LogP contribution in [0.15, 0.2) is 72.8 Å². The van der Waals surface area contributed by atoms with Gasteiger partial charge in [-0.1, -0.05) is 61.8 Å². The van der Waals surface area contributed by atoms with Gasteiger partial charge in [0.05, 0.1) is 5.56 Å². The topological polar surface area (TPSA) is 32.7 Å². The predicted molar refractivity (Wildman–Crippen MR) is 134 cm³/mol. The van der Waals surface area contributed by atoms with E-state index in [1.165, 1.54) is 12.1 Å². The molecule has 0 bridgehead atoms. The zero-order chi connectivity index (χ0) is 25.5. The standard InChI is InChI=1S/C28H31ClF3NO2/c1-3-33(4-2)19-20-35-26-15-11-23(12-16-26)27(34,18-17-21-5-13-25(29)14-6-21)22-7-9-24(10-8-22)28(30,31)32/h5-16,34H,3-4,17-20H2,1-2H3. The number of hydrogen-bond donors (Lipinski definition) is 1. The summed E-state index contributed by atoms with van der Waals surface area (Å²) in [5, 5.41) is 12.4. The summed E-state index contributed by atoms with van der Waals surface area (Å²) in [5.74, 6) is 0.674. The Hall–Kier alpha value is -2.54. The smallest absolute Gasteiger partial charge is 0.416 e. The van der Waals surface area contributed by atoms with E-state index >= 15 is 0 Å². The lowest BCUT2D eigenvalue weighted by atomic mass is 9.81. The van der Waals surface area contributed by atoms with Gasteiger partial charge in [0.25, 0.3) is 0 Å². The third kappa shape index (κ3) is 7.23. The summed E-state index contributed by atoms with van der Waals surface area (Å²) < 4.78 is 45.1. The van der Waals surface area contributed by atoms with Crippen molar-refractivity contribution in [2.24, 2.45) is 0 Å². The highest BCUT2D eigenvalue weighted by Crippen LogP contribution is 2.37. The van der Waals surface area contributed by atoms with Crippen LogP contribution in [-0.4, -0.2) is 36.2 Å². The molecule has 0 fully saturated rings. The van der Waals surface area contributed by atoms with Crippen molar-refractivity contribution in [1.82, 2.24) is 4.90 Å². The number of nitrogens with zero attached hydrogens (tertiary/aromatic N) is 1. The first-order chi connectivity index (χ1) is 16.7. The number of likely N-dealkylation sites (N-methyl/N-ethyl adjacent to an activating group) is 1. The fourth-order valence-electron chi connectivity index (χ4n) is 4.03. The summed E-state index contributed by atoms with van der Waals surface area (Å²) in [6, 6.07) is 19.1. The fraction of sp³-hybridized carbons (Fsp3) is 0.357. The van der Waals surface area contributed by atoms with Crippen LogP contribution in [0.5, 0.6) is 5.75 Å². The molecular formula is C28H31ClF3NO2. The van der Waals surface area contributed by atoms with Gasteiger partial charge in [0.2, 0.25) is 0 Å². The lowest BCUT2D eigenvalue weighted by Gasteiger charge is -2.30. The average Bonchev–Trinajstić information content (AvgIpc) is 2.86. The molecular weight excluding hydrogens is 475 g/mol. The van der Waals surface area contributed by atoms with Gasteiger partial charge < -0.3 is 14.7 Å². The van der Waals surface area contributed by atoms with Gasteiger partial charge >= 0.3 is 6.18 Å². The van der Waals surface area contributed by atoms with Gasteiger partial charge in [0, 0.05) is 11.6 Å². The molecule has 0 radical (unpaired) electrons. The molecule has 0 saturated carbocycles. The third-order valence-corrected chi connectivity index (χ3v) is 6.53. The molecule has 3 nitrogen and oxygen atoms in total. The van der Waals surface area contributed by atoms with Crippen LogP contribution in [0.3, 0.4) is 0 Å². The number of alkyl halides is 3. The normalized spacial score (nSPS) is 13.6. The predicted octanol–water partition coefficient (Wildman–Crippen LogP) is 6.95. The first-order valence-corrected chi connectivity index (χ1v) is 12.1. The van der Waals surface area contributed by atoms with Gasteiger partial charge in [-0.2, -0.15) is 13.2 Å². The van der Waals surface area contributed by atoms with E-state index in [9.17, 15) is 18.3 Å². The summed E-state index contributed by atoms with van der Waals surface area (Å²) in [4.78, 5) is 2.26. The molecule has 3 aromatic rings. The first-order valence-electron chi connectivity index (χ1n) is 11.8. The molecule has 0 amide bonds. The molecule has 0 aliphatic rings. The van der Waals surface area contributed by atoms with Crippen LogP contribution in [0, 0.1) is 0 Å². The molecule has 1 atom stereocenters. The van der Waals surface area contributed by atoms with Crippen molar-refractivity contribution in [2.45, 2.75) is 38.5 Å². The highest BCUT2D eigenvalue weighted by atomic mass is 35.5.